The fraction of sp³-hybridized carbons (Fsp3) is 0.667. The van der Waals surface area contributed by atoms with Gasteiger partial charge in [0, 0.05) is 12.0 Å². The third-order valence-electron chi connectivity index (χ3n) is 1.59. The maximum Gasteiger partial charge on any atom is 0.330 e. The molecular weight excluding hydrogens is 154 g/mol. The van der Waals surface area contributed by atoms with Crippen molar-refractivity contribution in [2.45, 2.75) is 13.3 Å². The van der Waals surface area contributed by atoms with Gasteiger partial charge in [-0.3, -0.25) is 0 Å². The van der Waals surface area contributed by atoms with Gasteiger partial charge in [-0.15, -0.1) is 0 Å². The summed E-state index contributed by atoms with van der Waals surface area (Å²) < 4.78 is 0.864. The van der Waals surface area contributed by atoms with E-state index in [4.69, 9.17) is 5.11 Å². The van der Waals surface area contributed by atoms with Gasteiger partial charge in [0.1, 0.15) is 0 Å². The first-order chi connectivity index (χ1) is 5.33. The number of carboxylic acids is 1. The topological polar surface area (TPSA) is 37.3 Å². The summed E-state index contributed by atoms with van der Waals surface area (Å²) >= 11 is 0. The minimum Gasteiger partial charge on any atom is -0.478 e. The first-order valence-electron chi connectivity index (χ1n) is 4.03. The second-order valence-corrected chi connectivity index (χ2v) is 3.99. The molecule has 0 amide bonds. The standard InChI is InChI=1S/C9H17NO2/c1-8(9(11)12)6-5-7-10(2,3)4/h6H,5,7H2,1-4H3/p+1. The van der Waals surface area contributed by atoms with Crippen LogP contribution in [0.15, 0.2) is 11.6 Å². The van der Waals surface area contributed by atoms with E-state index in [0.717, 1.165) is 17.4 Å². The Bertz CT molecular complexity index is 189. The molecule has 0 aliphatic carbocycles. The molecule has 3 nitrogen and oxygen atoms in total. The van der Waals surface area contributed by atoms with Crippen molar-refractivity contribution in [3.05, 3.63) is 11.6 Å². The number of hydrogen-bond donors (Lipinski definition) is 1. The van der Waals surface area contributed by atoms with Crippen molar-refractivity contribution in [2.24, 2.45) is 0 Å². The monoisotopic (exact) mass is 172 g/mol. The van der Waals surface area contributed by atoms with E-state index in [1.165, 1.54) is 0 Å². The molecule has 0 unspecified atom stereocenters. The normalized spacial score (nSPS) is 13.2. The molecule has 0 aromatic carbocycles. The van der Waals surface area contributed by atoms with Crippen LogP contribution in [-0.2, 0) is 4.79 Å². The highest BCUT2D eigenvalue weighted by atomic mass is 16.4. The quantitative estimate of drug-likeness (QED) is 0.509. The molecule has 0 aromatic heterocycles. The van der Waals surface area contributed by atoms with Crippen LogP contribution in [0.1, 0.15) is 13.3 Å². The van der Waals surface area contributed by atoms with Crippen LogP contribution < -0.4 is 0 Å². The molecule has 0 fully saturated rings. The molecule has 0 aliphatic rings. The van der Waals surface area contributed by atoms with Crippen LogP contribution >= 0.6 is 0 Å². The van der Waals surface area contributed by atoms with Crippen molar-refractivity contribution in [2.75, 3.05) is 27.7 Å². The molecule has 0 aromatic rings. The predicted octanol–water partition coefficient (Wildman–Crippen LogP) is 1.11. The lowest BCUT2D eigenvalue weighted by molar-refractivity contribution is -0.869. The lowest BCUT2D eigenvalue weighted by Gasteiger charge is -2.22. The van der Waals surface area contributed by atoms with Crippen molar-refractivity contribution in [1.29, 1.82) is 0 Å². The van der Waals surface area contributed by atoms with E-state index in [-0.39, 0.29) is 0 Å². The lowest BCUT2D eigenvalue weighted by Crippen LogP contribution is -2.34. The van der Waals surface area contributed by atoms with E-state index >= 15 is 0 Å². The summed E-state index contributed by atoms with van der Waals surface area (Å²) in [5, 5.41) is 8.54. The molecule has 1 N–H and O–H groups in total. The largest absolute Gasteiger partial charge is 0.478 e. The Labute approximate surface area is 73.9 Å². The van der Waals surface area contributed by atoms with Gasteiger partial charge in [-0.2, -0.15) is 0 Å². The number of rotatable bonds is 4. The Hall–Kier alpha value is -0.830. The van der Waals surface area contributed by atoms with Crippen LogP contribution in [0.4, 0.5) is 0 Å². The molecular formula is C9H18NO2+. The second kappa shape index (κ2) is 4.26. The van der Waals surface area contributed by atoms with Crippen molar-refractivity contribution < 1.29 is 14.4 Å². The molecule has 0 saturated carbocycles. The van der Waals surface area contributed by atoms with E-state index in [2.05, 4.69) is 21.1 Å². The zero-order chi connectivity index (χ0) is 9.78. The number of nitrogens with zero attached hydrogens (tertiary/aromatic N) is 1. The summed E-state index contributed by atoms with van der Waals surface area (Å²) in [6.45, 7) is 2.59. The minimum absolute atomic E-state index is 0.434. The molecule has 70 valence electrons. The molecule has 0 saturated heterocycles. The van der Waals surface area contributed by atoms with Gasteiger partial charge in [0.15, 0.2) is 0 Å². The van der Waals surface area contributed by atoms with Crippen LogP contribution in [0.2, 0.25) is 0 Å². The van der Waals surface area contributed by atoms with Gasteiger partial charge < -0.3 is 9.59 Å². The zero-order valence-electron chi connectivity index (χ0n) is 8.29. The molecule has 0 rings (SSSR count). The van der Waals surface area contributed by atoms with Crippen molar-refractivity contribution >= 4 is 5.97 Å². The third kappa shape index (κ3) is 5.92. The number of quaternary nitrogens is 1. The summed E-state index contributed by atoms with van der Waals surface area (Å²) in [5.74, 6) is -0.823. The number of carbonyl (C=O) groups is 1. The van der Waals surface area contributed by atoms with Crippen LogP contribution in [0.25, 0.3) is 0 Å². The Morgan fingerprint density at radius 3 is 2.25 bits per heavy atom. The SMILES string of the molecule is CC(=CCC[N+](C)(C)C)C(=O)O. The van der Waals surface area contributed by atoms with Gasteiger partial charge in [-0.1, -0.05) is 6.08 Å². The summed E-state index contributed by atoms with van der Waals surface area (Å²) in [5.41, 5.74) is 0.434. The maximum atomic E-state index is 10.4. The highest BCUT2D eigenvalue weighted by Crippen LogP contribution is 1.99. The lowest BCUT2D eigenvalue weighted by atomic mass is 10.2. The number of hydrogen-bond acceptors (Lipinski definition) is 1. The fourth-order valence-corrected chi connectivity index (χ4v) is 0.756. The van der Waals surface area contributed by atoms with E-state index in [1.807, 2.05) is 0 Å². The molecule has 0 aliphatic heterocycles. The van der Waals surface area contributed by atoms with E-state index in [9.17, 15) is 4.79 Å². The molecule has 3 heteroatoms. The third-order valence-corrected chi connectivity index (χ3v) is 1.59. The molecule has 0 heterocycles. The summed E-state index contributed by atoms with van der Waals surface area (Å²) in [4.78, 5) is 10.4. The van der Waals surface area contributed by atoms with Crippen LogP contribution in [0, 0.1) is 0 Å². The van der Waals surface area contributed by atoms with Crippen LogP contribution in [0.3, 0.4) is 0 Å². The Kier molecular flexibility index (Phi) is 3.96. The number of aliphatic carboxylic acids is 1. The van der Waals surface area contributed by atoms with E-state index in [0.29, 0.717) is 5.57 Å². The minimum atomic E-state index is -0.823. The van der Waals surface area contributed by atoms with Crippen LogP contribution in [-0.4, -0.2) is 43.2 Å². The molecule has 12 heavy (non-hydrogen) atoms. The number of carboxylic acid groups (broad SMARTS) is 1. The highest BCUT2D eigenvalue weighted by molar-refractivity contribution is 5.85. The van der Waals surface area contributed by atoms with E-state index < -0.39 is 5.97 Å². The molecule has 0 spiro atoms. The van der Waals surface area contributed by atoms with Gasteiger partial charge in [0.25, 0.3) is 0 Å². The van der Waals surface area contributed by atoms with Gasteiger partial charge in [-0.05, 0) is 6.92 Å². The molecule has 0 bridgehead atoms. The molecule has 0 atom stereocenters. The first-order valence-corrected chi connectivity index (χ1v) is 4.03. The fourth-order valence-electron chi connectivity index (χ4n) is 0.756. The highest BCUT2D eigenvalue weighted by Gasteiger charge is 2.05. The Morgan fingerprint density at radius 2 is 1.92 bits per heavy atom. The Morgan fingerprint density at radius 1 is 1.42 bits per heavy atom. The summed E-state index contributed by atoms with van der Waals surface area (Å²) in [6, 6.07) is 0. The zero-order valence-corrected chi connectivity index (χ0v) is 8.29. The van der Waals surface area contributed by atoms with Crippen LogP contribution in [0.5, 0.6) is 0 Å². The van der Waals surface area contributed by atoms with Gasteiger partial charge >= 0.3 is 5.97 Å². The van der Waals surface area contributed by atoms with E-state index in [1.54, 1.807) is 13.0 Å². The molecule has 0 radical (unpaired) electrons. The first kappa shape index (κ1) is 11.2. The smallest absolute Gasteiger partial charge is 0.330 e. The van der Waals surface area contributed by atoms with Gasteiger partial charge in [-0.25, -0.2) is 4.79 Å². The van der Waals surface area contributed by atoms with Crippen molar-refractivity contribution in [1.82, 2.24) is 0 Å². The maximum absolute atomic E-state index is 10.4. The van der Waals surface area contributed by atoms with Crippen molar-refractivity contribution in [3.63, 3.8) is 0 Å². The van der Waals surface area contributed by atoms with Gasteiger partial charge in [0.2, 0.25) is 0 Å². The summed E-state index contributed by atoms with van der Waals surface area (Å²) in [6.07, 6.45) is 2.59. The second-order valence-electron chi connectivity index (χ2n) is 3.99. The predicted molar refractivity (Wildman–Crippen MR) is 48.9 cm³/mol. The van der Waals surface area contributed by atoms with Crippen molar-refractivity contribution in [3.8, 4) is 0 Å². The average molecular weight is 172 g/mol. The average Bonchev–Trinajstić information content (AvgIpc) is 1.84. The summed E-state index contributed by atoms with van der Waals surface area (Å²) in [7, 11) is 6.26. The Balaban J connectivity index is 3.83. The van der Waals surface area contributed by atoms with Gasteiger partial charge in [0.05, 0.1) is 27.7 Å².